The number of hydrogen-bond acceptors (Lipinski definition) is 6. The molecule has 1 aliphatic rings. The van der Waals surface area contributed by atoms with Crippen molar-refractivity contribution in [2.75, 3.05) is 14.2 Å². The summed E-state index contributed by atoms with van der Waals surface area (Å²) in [5.74, 6) is -0.682. The molecule has 4 rings (SSSR count). The van der Waals surface area contributed by atoms with E-state index in [0.717, 1.165) is 5.56 Å². The number of ketones is 1. The van der Waals surface area contributed by atoms with Crippen LogP contribution in [0.3, 0.4) is 0 Å². The number of carbonyl (C=O) groups is 2. The number of carbonyl (C=O) groups excluding carboxylic acids is 2. The summed E-state index contributed by atoms with van der Waals surface area (Å²) >= 11 is 0. The predicted molar refractivity (Wildman–Crippen MR) is 118 cm³/mol. The van der Waals surface area contributed by atoms with E-state index in [2.05, 4.69) is 4.98 Å². The van der Waals surface area contributed by atoms with Crippen LogP contribution in [0.5, 0.6) is 11.5 Å². The van der Waals surface area contributed by atoms with E-state index in [4.69, 9.17) is 9.47 Å². The first-order valence-electron chi connectivity index (χ1n) is 10.0. The van der Waals surface area contributed by atoms with Crippen molar-refractivity contribution >= 4 is 17.4 Å². The van der Waals surface area contributed by atoms with Crippen molar-refractivity contribution in [1.29, 1.82) is 0 Å². The number of rotatable bonds is 6. The summed E-state index contributed by atoms with van der Waals surface area (Å²) in [5.41, 5.74) is 1.60. The lowest BCUT2D eigenvalue weighted by Crippen LogP contribution is -2.29. The van der Waals surface area contributed by atoms with Crippen LogP contribution in [0.4, 0.5) is 0 Å². The number of para-hydroxylation sites is 1. The third kappa shape index (κ3) is 3.80. The molecule has 1 N–H and O–H groups in total. The molecule has 7 nitrogen and oxygen atoms in total. The summed E-state index contributed by atoms with van der Waals surface area (Å²) in [7, 11) is 3.05. The molecule has 7 heteroatoms. The van der Waals surface area contributed by atoms with E-state index in [1.165, 1.54) is 12.0 Å². The first-order valence-corrected chi connectivity index (χ1v) is 10.0. The molecule has 0 aliphatic carbocycles. The van der Waals surface area contributed by atoms with Crippen LogP contribution in [-0.2, 0) is 16.1 Å². The fourth-order valence-electron chi connectivity index (χ4n) is 3.80. The third-order valence-corrected chi connectivity index (χ3v) is 5.38. The average molecular weight is 430 g/mol. The van der Waals surface area contributed by atoms with Crippen LogP contribution in [0, 0.1) is 0 Å². The molecule has 0 radical (unpaired) electrons. The minimum absolute atomic E-state index is 0.0216. The second kappa shape index (κ2) is 8.93. The molecular formula is C25H22N2O5. The summed E-state index contributed by atoms with van der Waals surface area (Å²) in [6, 6.07) is 18.4. The van der Waals surface area contributed by atoms with E-state index < -0.39 is 17.7 Å². The number of aromatic nitrogens is 1. The molecule has 0 saturated carbocycles. The van der Waals surface area contributed by atoms with Crippen LogP contribution in [0.15, 0.2) is 78.5 Å². The Morgan fingerprint density at radius 3 is 2.34 bits per heavy atom. The molecule has 1 amide bonds. The van der Waals surface area contributed by atoms with E-state index in [-0.39, 0.29) is 17.9 Å². The Morgan fingerprint density at radius 1 is 0.969 bits per heavy atom. The standard InChI is InChI=1S/C25H22N2O5/c1-31-17-12-10-16(11-13-17)15-27-22(19-8-5-6-14-26-19)21(24(29)25(27)30)23(28)18-7-3-4-9-20(18)32-2/h3-14,22,28H,15H2,1-2H3/b23-21-. The topological polar surface area (TPSA) is 89.0 Å². The van der Waals surface area contributed by atoms with Crippen molar-refractivity contribution in [3.8, 4) is 11.5 Å². The molecule has 2 heterocycles. The molecule has 32 heavy (non-hydrogen) atoms. The fourth-order valence-corrected chi connectivity index (χ4v) is 3.80. The van der Waals surface area contributed by atoms with Crippen LogP contribution in [0.1, 0.15) is 22.9 Å². The monoisotopic (exact) mass is 430 g/mol. The number of ether oxygens (including phenoxy) is 2. The minimum Gasteiger partial charge on any atom is -0.507 e. The minimum atomic E-state index is -0.844. The number of methoxy groups -OCH3 is 2. The number of amides is 1. The molecule has 1 saturated heterocycles. The summed E-state index contributed by atoms with van der Waals surface area (Å²) in [6.45, 7) is 0.165. The van der Waals surface area contributed by atoms with Gasteiger partial charge in [0.15, 0.2) is 0 Å². The SMILES string of the molecule is COc1ccc(CN2C(=O)C(=O)/C(=C(\O)c3ccccc3OC)C2c2ccccn2)cc1. The van der Waals surface area contributed by atoms with Crippen LogP contribution < -0.4 is 9.47 Å². The number of aliphatic hydroxyl groups is 1. The highest BCUT2D eigenvalue weighted by atomic mass is 16.5. The first-order chi connectivity index (χ1) is 15.5. The van der Waals surface area contributed by atoms with E-state index in [9.17, 15) is 14.7 Å². The van der Waals surface area contributed by atoms with Gasteiger partial charge in [0.05, 0.1) is 31.1 Å². The van der Waals surface area contributed by atoms with Gasteiger partial charge in [0.1, 0.15) is 23.3 Å². The van der Waals surface area contributed by atoms with Gasteiger partial charge >= 0.3 is 0 Å². The molecule has 0 spiro atoms. The number of nitrogens with zero attached hydrogens (tertiary/aromatic N) is 2. The van der Waals surface area contributed by atoms with Gasteiger partial charge in [-0.2, -0.15) is 0 Å². The zero-order chi connectivity index (χ0) is 22.7. The highest BCUT2D eigenvalue weighted by Crippen LogP contribution is 2.40. The second-order valence-electron chi connectivity index (χ2n) is 7.23. The van der Waals surface area contributed by atoms with Crippen molar-refractivity contribution < 1.29 is 24.2 Å². The van der Waals surface area contributed by atoms with E-state index >= 15 is 0 Å². The van der Waals surface area contributed by atoms with Crippen molar-refractivity contribution in [2.45, 2.75) is 12.6 Å². The van der Waals surface area contributed by atoms with Gasteiger partial charge in [-0.3, -0.25) is 14.6 Å². The highest BCUT2D eigenvalue weighted by Gasteiger charge is 2.46. The predicted octanol–water partition coefficient (Wildman–Crippen LogP) is 3.72. The van der Waals surface area contributed by atoms with Crippen LogP contribution in [0.25, 0.3) is 5.76 Å². The summed E-state index contributed by atoms with van der Waals surface area (Å²) in [6.07, 6.45) is 1.59. The zero-order valence-electron chi connectivity index (χ0n) is 17.7. The molecule has 1 atom stereocenters. The number of likely N-dealkylation sites (tertiary alicyclic amines) is 1. The highest BCUT2D eigenvalue weighted by molar-refractivity contribution is 6.46. The van der Waals surface area contributed by atoms with Gasteiger partial charge in [-0.15, -0.1) is 0 Å². The molecule has 0 bridgehead atoms. The van der Waals surface area contributed by atoms with Gasteiger partial charge < -0.3 is 19.5 Å². The van der Waals surface area contributed by atoms with Gasteiger partial charge in [-0.25, -0.2) is 0 Å². The lowest BCUT2D eigenvalue weighted by atomic mass is 9.97. The molecule has 2 aromatic carbocycles. The first kappa shape index (κ1) is 21.1. The van der Waals surface area contributed by atoms with Crippen LogP contribution in [-0.4, -0.2) is 40.9 Å². The summed E-state index contributed by atoms with van der Waals surface area (Å²) < 4.78 is 10.5. The largest absolute Gasteiger partial charge is 0.507 e. The summed E-state index contributed by atoms with van der Waals surface area (Å²) in [5, 5.41) is 11.2. The van der Waals surface area contributed by atoms with Crippen LogP contribution >= 0.6 is 0 Å². The quantitative estimate of drug-likeness (QED) is 0.364. The van der Waals surface area contributed by atoms with E-state index in [1.54, 1.807) is 67.9 Å². The van der Waals surface area contributed by atoms with Crippen molar-refractivity contribution in [1.82, 2.24) is 9.88 Å². The Labute approximate surface area is 185 Å². The lowest BCUT2D eigenvalue weighted by molar-refractivity contribution is -0.140. The fraction of sp³-hybridized carbons (Fsp3) is 0.160. The normalized spacial score (nSPS) is 17.4. The second-order valence-corrected chi connectivity index (χ2v) is 7.23. The molecule has 3 aromatic rings. The van der Waals surface area contributed by atoms with Crippen molar-refractivity contribution in [2.24, 2.45) is 0 Å². The Bertz CT molecular complexity index is 1170. The summed E-state index contributed by atoms with van der Waals surface area (Å²) in [4.78, 5) is 32.0. The van der Waals surface area contributed by atoms with Gasteiger partial charge in [-0.05, 0) is 42.0 Å². The molecule has 1 fully saturated rings. The number of aliphatic hydroxyl groups excluding tert-OH is 1. The zero-order valence-corrected chi connectivity index (χ0v) is 17.7. The van der Waals surface area contributed by atoms with Gasteiger partial charge in [0.2, 0.25) is 0 Å². The molecule has 162 valence electrons. The maximum Gasteiger partial charge on any atom is 0.296 e. The molecular weight excluding hydrogens is 408 g/mol. The Morgan fingerprint density at radius 2 is 1.69 bits per heavy atom. The number of benzene rings is 2. The van der Waals surface area contributed by atoms with E-state index in [0.29, 0.717) is 22.8 Å². The maximum atomic E-state index is 13.1. The number of hydrogen-bond donors (Lipinski definition) is 1. The smallest absolute Gasteiger partial charge is 0.296 e. The Hall–Kier alpha value is -4.13. The molecule has 1 aromatic heterocycles. The number of pyridine rings is 1. The lowest BCUT2D eigenvalue weighted by Gasteiger charge is -2.24. The van der Waals surface area contributed by atoms with Gasteiger partial charge in [0.25, 0.3) is 11.7 Å². The van der Waals surface area contributed by atoms with Gasteiger partial charge in [0, 0.05) is 12.7 Å². The number of Topliss-reactive ketones (excluding diaryl/α,β-unsaturated/α-hetero) is 1. The van der Waals surface area contributed by atoms with Crippen molar-refractivity contribution in [3.05, 3.63) is 95.3 Å². The Kier molecular flexibility index (Phi) is 5.89. The van der Waals surface area contributed by atoms with Gasteiger partial charge in [-0.1, -0.05) is 30.3 Å². The van der Waals surface area contributed by atoms with Crippen molar-refractivity contribution in [3.63, 3.8) is 0 Å². The Balaban J connectivity index is 1.84. The van der Waals surface area contributed by atoms with E-state index in [1.807, 2.05) is 12.1 Å². The van der Waals surface area contributed by atoms with Crippen LogP contribution in [0.2, 0.25) is 0 Å². The maximum absolute atomic E-state index is 13.1. The molecule has 1 unspecified atom stereocenters. The average Bonchev–Trinajstić information content (AvgIpc) is 3.09. The third-order valence-electron chi connectivity index (χ3n) is 5.38. The molecule has 1 aliphatic heterocycles.